The van der Waals surface area contributed by atoms with Gasteiger partial charge < -0.3 is 34.8 Å². The molecule has 0 saturated carbocycles. The van der Waals surface area contributed by atoms with Crippen LogP contribution in [0.2, 0.25) is 0 Å². The summed E-state index contributed by atoms with van der Waals surface area (Å²) in [6, 6.07) is 0. The Labute approximate surface area is 126 Å². The number of carbonyl (C=O) groups is 3. The van der Waals surface area contributed by atoms with Crippen LogP contribution in [0.25, 0.3) is 0 Å². The number of rotatable bonds is 11. The maximum absolute atomic E-state index is 10.4. The van der Waals surface area contributed by atoms with Gasteiger partial charge in [-0.1, -0.05) is 0 Å². The minimum absolute atomic E-state index is 0. The van der Waals surface area contributed by atoms with Crippen LogP contribution in [0, 0.1) is 0 Å². The zero-order valence-corrected chi connectivity index (χ0v) is 11.8. The molecule has 1 N–H and O–H groups in total. The summed E-state index contributed by atoms with van der Waals surface area (Å²) in [6.45, 7) is -1.83. The van der Waals surface area contributed by atoms with Gasteiger partial charge in [0.25, 0.3) is 0 Å². The normalized spacial score (nSPS) is 10.3. The summed E-state index contributed by atoms with van der Waals surface area (Å²) in [5, 5.41) is 40.0. The van der Waals surface area contributed by atoms with Crippen molar-refractivity contribution in [3.05, 3.63) is 0 Å². The number of carboxylic acid groups (broad SMARTS) is 3. The molecule has 114 valence electrons. The molecular weight excluding hydrogens is 315 g/mol. The van der Waals surface area contributed by atoms with Crippen molar-refractivity contribution in [2.75, 3.05) is 45.9 Å². The molecule has 0 amide bonds. The Kier molecular flexibility index (Phi) is 12.3. The maximum Gasteiger partial charge on any atom is 3.00 e. The van der Waals surface area contributed by atoms with Gasteiger partial charge in [0, 0.05) is 39.3 Å². The van der Waals surface area contributed by atoms with Crippen LogP contribution in [0.3, 0.4) is 0 Å². The molecule has 0 saturated heterocycles. The quantitative estimate of drug-likeness (QED) is 0.365. The second-order valence-electron chi connectivity index (χ2n) is 3.83. The Morgan fingerprint density at radius 3 is 1.45 bits per heavy atom. The molecule has 0 aliphatic rings. The average Bonchev–Trinajstić information content (AvgIpc) is 2.23. The number of hydrogen-bond acceptors (Lipinski definition) is 9. The van der Waals surface area contributed by atoms with Crippen LogP contribution in [0.5, 0.6) is 0 Å². The van der Waals surface area contributed by atoms with Crippen LogP contribution in [0.15, 0.2) is 0 Å². The molecule has 10 heteroatoms. The average molecular weight is 330 g/mol. The Bertz CT molecular complexity index is 311. The fourth-order valence-electron chi connectivity index (χ4n) is 1.46. The topological polar surface area (TPSA) is 147 Å². The SMILES string of the molecule is O=C([O-])CN(CCO)CCN(CC(=O)[O-])CC(=O)[O-].[Mn+3]. The molecule has 0 radical (unpaired) electrons. The first-order valence-electron chi connectivity index (χ1n) is 5.50. The molecule has 0 aromatic carbocycles. The fourth-order valence-corrected chi connectivity index (χ4v) is 1.46. The number of carbonyl (C=O) groups excluding carboxylic acids is 3. The minimum Gasteiger partial charge on any atom is -0.549 e. The summed E-state index contributed by atoms with van der Waals surface area (Å²) >= 11 is 0. The van der Waals surface area contributed by atoms with Crippen molar-refractivity contribution < 1.29 is 51.9 Å². The van der Waals surface area contributed by atoms with Gasteiger partial charge in [0.05, 0.1) is 24.5 Å². The van der Waals surface area contributed by atoms with Gasteiger partial charge in [0.1, 0.15) is 0 Å². The molecule has 0 heterocycles. The molecule has 0 bridgehead atoms. The third-order valence-electron chi connectivity index (χ3n) is 2.21. The summed E-state index contributed by atoms with van der Waals surface area (Å²) in [7, 11) is 0. The standard InChI is InChI=1S/C10H18N2O7.Mn/c13-4-3-11(5-8(14)15)1-2-12(6-9(16)17)7-10(18)19;/h13H,1-7H2,(H,14,15)(H,16,17)(H,18,19);/q;+3/p-3. The predicted octanol–water partition coefficient (Wildman–Crippen LogP) is -6.17. The Hall–Kier alpha value is -1.19. The smallest absolute Gasteiger partial charge is 0.549 e. The van der Waals surface area contributed by atoms with E-state index < -0.39 is 37.5 Å². The van der Waals surface area contributed by atoms with E-state index in [1.807, 2.05) is 0 Å². The molecule has 0 aromatic rings. The number of nitrogens with zero attached hydrogens (tertiary/aromatic N) is 2. The van der Waals surface area contributed by atoms with E-state index >= 15 is 0 Å². The molecule has 20 heavy (non-hydrogen) atoms. The first-order valence-corrected chi connectivity index (χ1v) is 5.50. The van der Waals surface area contributed by atoms with Crippen molar-refractivity contribution in [1.82, 2.24) is 9.80 Å². The molecule has 0 unspecified atom stereocenters. The first-order chi connectivity index (χ1) is 8.85. The van der Waals surface area contributed by atoms with Gasteiger partial charge in [-0.2, -0.15) is 0 Å². The zero-order valence-electron chi connectivity index (χ0n) is 10.6. The van der Waals surface area contributed by atoms with Gasteiger partial charge in [-0.3, -0.25) is 9.80 Å². The zero-order chi connectivity index (χ0) is 14.8. The van der Waals surface area contributed by atoms with Crippen LogP contribution in [-0.2, 0) is 31.5 Å². The van der Waals surface area contributed by atoms with Gasteiger partial charge in [-0.05, 0) is 0 Å². The number of aliphatic hydroxyl groups is 1. The Morgan fingerprint density at radius 1 is 0.750 bits per heavy atom. The van der Waals surface area contributed by atoms with E-state index in [4.69, 9.17) is 5.11 Å². The van der Waals surface area contributed by atoms with E-state index in [0.29, 0.717) is 0 Å². The number of carboxylic acids is 3. The third-order valence-corrected chi connectivity index (χ3v) is 2.21. The molecule has 9 nitrogen and oxygen atoms in total. The van der Waals surface area contributed by atoms with E-state index in [1.54, 1.807) is 0 Å². The number of aliphatic hydroxyl groups excluding tert-OH is 1. The van der Waals surface area contributed by atoms with Crippen LogP contribution >= 0.6 is 0 Å². The van der Waals surface area contributed by atoms with Crippen molar-refractivity contribution in [3.8, 4) is 0 Å². The molecule has 0 atom stereocenters. The second-order valence-corrected chi connectivity index (χ2v) is 3.83. The van der Waals surface area contributed by atoms with Crippen LogP contribution in [-0.4, -0.2) is 78.7 Å². The maximum atomic E-state index is 10.4. The van der Waals surface area contributed by atoms with Crippen molar-refractivity contribution in [2.45, 2.75) is 0 Å². The van der Waals surface area contributed by atoms with Gasteiger partial charge in [-0.25, -0.2) is 0 Å². The molecule has 0 aromatic heterocycles. The molecule has 0 spiro atoms. The summed E-state index contributed by atoms with van der Waals surface area (Å²) in [5.41, 5.74) is 0. The van der Waals surface area contributed by atoms with Crippen molar-refractivity contribution in [2.24, 2.45) is 0 Å². The van der Waals surface area contributed by atoms with Crippen molar-refractivity contribution >= 4 is 17.9 Å². The first kappa shape index (κ1) is 21.1. The van der Waals surface area contributed by atoms with Crippen LogP contribution in [0.1, 0.15) is 0 Å². The minimum atomic E-state index is -1.45. The van der Waals surface area contributed by atoms with Gasteiger partial charge in [0.15, 0.2) is 0 Å². The third kappa shape index (κ3) is 11.9. The molecule has 0 fully saturated rings. The second kappa shape index (κ2) is 11.6. The number of hydrogen-bond donors (Lipinski definition) is 1. The summed E-state index contributed by atoms with van der Waals surface area (Å²) in [4.78, 5) is 33.6. The predicted molar refractivity (Wildman–Crippen MR) is 55.0 cm³/mol. The molecule has 0 aliphatic carbocycles. The Morgan fingerprint density at radius 2 is 1.10 bits per heavy atom. The number of aliphatic carboxylic acids is 3. The van der Waals surface area contributed by atoms with Gasteiger partial charge in [-0.15, -0.1) is 0 Å². The van der Waals surface area contributed by atoms with Crippen LogP contribution < -0.4 is 15.3 Å². The Balaban J connectivity index is 0. The van der Waals surface area contributed by atoms with Crippen molar-refractivity contribution in [1.29, 1.82) is 0 Å². The summed E-state index contributed by atoms with van der Waals surface area (Å²) < 4.78 is 0. The molecular formula is C10H15MnN2O7. The van der Waals surface area contributed by atoms with E-state index in [1.165, 1.54) is 4.90 Å². The van der Waals surface area contributed by atoms with E-state index in [9.17, 15) is 29.7 Å². The van der Waals surface area contributed by atoms with E-state index in [-0.39, 0.29) is 43.3 Å². The monoisotopic (exact) mass is 330 g/mol. The largest absolute Gasteiger partial charge is 3.00 e. The summed E-state index contributed by atoms with van der Waals surface area (Å²) in [6.07, 6.45) is 0. The molecule has 0 aliphatic heterocycles. The van der Waals surface area contributed by atoms with E-state index in [2.05, 4.69) is 0 Å². The van der Waals surface area contributed by atoms with Crippen molar-refractivity contribution in [3.63, 3.8) is 0 Å². The van der Waals surface area contributed by atoms with E-state index in [0.717, 1.165) is 4.90 Å². The van der Waals surface area contributed by atoms with Gasteiger partial charge in [0.2, 0.25) is 0 Å². The fraction of sp³-hybridized carbons (Fsp3) is 0.700. The molecule has 0 rings (SSSR count). The summed E-state index contributed by atoms with van der Waals surface area (Å²) in [5.74, 6) is -4.25. The van der Waals surface area contributed by atoms with Gasteiger partial charge >= 0.3 is 17.1 Å². The van der Waals surface area contributed by atoms with Crippen LogP contribution in [0.4, 0.5) is 0 Å².